The summed E-state index contributed by atoms with van der Waals surface area (Å²) in [6, 6.07) is 27.6. The second-order valence-electron chi connectivity index (χ2n) is 8.82. The van der Waals surface area contributed by atoms with Crippen LogP contribution in [-0.2, 0) is 25.9 Å². The maximum absolute atomic E-state index is 13.8. The van der Waals surface area contributed by atoms with E-state index in [0.717, 1.165) is 25.1 Å². The van der Waals surface area contributed by atoms with Crippen LogP contribution in [-0.4, -0.2) is 21.9 Å². The fraction of sp³-hybridized carbons (Fsp3) is 0.276. The van der Waals surface area contributed by atoms with E-state index in [1.165, 1.54) is 46.0 Å². The molecule has 0 bridgehead atoms. The Kier molecular flexibility index (Phi) is 5.81. The van der Waals surface area contributed by atoms with Crippen molar-refractivity contribution >= 4 is 16.8 Å². The molecule has 32 heavy (non-hydrogen) atoms. The molecule has 0 aliphatic carbocycles. The van der Waals surface area contributed by atoms with Crippen LogP contribution in [0.2, 0.25) is 0 Å². The summed E-state index contributed by atoms with van der Waals surface area (Å²) in [6.45, 7) is 4.38. The second kappa shape index (κ2) is 9.04. The zero-order chi connectivity index (χ0) is 21.9. The molecule has 5 rings (SSSR count). The van der Waals surface area contributed by atoms with Gasteiger partial charge in [-0.05, 0) is 53.6 Å². The minimum atomic E-state index is 0.150. The molecule has 0 unspecified atom stereocenters. The summed E-state index contributed by atoms with van der Waals surface area (Å²) in [5.74, 6) is 0.150. The Balaban J connectivity index is 1.58. The normalized spacial score (nSPS) is 13.5. The number of aryl methyl sites for hydroxylation is 1. The quantitative estimate of drug-likeness (QED) is 0.346. The van der Waals surface area contributed by atoms with Gasteiger partial charge in [-0.25, -0.2) is 0 Å². The molecule has 2 heterocycles. The van der Waals surface area contributed by atoms with Crippen LogP contribution in [0.1, 0.15) is 52.5 Å². The molecule has 1 amide bonds. The van der Waals surface area contributed by atoms with E-state index in [9.17, 15) is 4.79 Å². The molecule has 3 nitrogen and oxygen atoms in total. The number of fused-ring (bicyclic) bond motifs is 3. The lowest BCUT2D eigenvalue weighted by molar-refractivity contribution is 0.0716. The largest absolute Gasteiger partial charge is 0.333 e. The molecular formula is C29H30N2O. The van der Waals surface area contributed by atoms with Gasteiger partial charge in [0, 0.05) is 30.5 Å². The van der Waals surface area contributed by atoms with Crippen LogP contribution >= 0.6 is 0 Å². The summed E-state index contributed by atoms with van der Waals surface area (Å²) in [5, 5.41) is 1.26. The molecule has 3 aromatic carbocycles. The van der Waals surface area contributed by atoms with Gasteiger partial charge < -0.3 is 9.47 Å². The average molecular weight is 423 g/mol. The predicted octanol–water partition coefficient (Wildman–Crippen LogP) is 6.23. The van der Waals surface area contributed by atoms with Crippen molar-refractivity contribution in [2.24, 2.45) is 0 Å². The zero-order valence-electron chi connectivity index (χ0n) is 18.8. The average Bonchev–Trinajstić information content (AvgIpc) is 3.14. The van der Waals surface area contributed by atoms with Crippen LogP contribution in [0.3, 0.4) is 0 Å². The van der Waals surface area contributed by atoms with Crippen LogP contribution < -0.4 is 0 Å². The molecule has 0 spiro atoms. The summed E-state index contributed by atoms with van der Waals surface area (Å²) < 4.78 is 2.25. The molecule has 0 atom stereocenters. The van der Waals surface area contributed by atoms with Crippen molar-refractivity contribution in [3.63, 3.8) is 0 Å². The molecule has 3 heteroatoms. The summed E-state index contributed by atoms with van der Waals surface area (Å²) >= 11 is 0. The maximum Gasteiger partial charge on any atom is 0.271 e. The van der Waals surface area contributed by atoms with E-state index in [0.29, 0.717) is 13.1 Å². The standard InChI is InChI=1S/C29H30N2O/c1-2-3-10-22-15-16-27-26(19-22)25-17-18-30(20-23-11-6-4-7-12-23)29(32)28(25)31(27)21-24-13-8-5-9-14-24/h4-9,11-16,19H,2-3,10,17-18,20-21H2,1H3. The van der Waals surface area contributed by atoms with Gasteiger partial charge in [0.05, 0.1) is 0 Å². The number of hydrogen-bond donors (Lipinski definition) is 0. The van der Waals surface area contributed by atoms with Crippen molar-refractivity contribution in [3.8, 4) is 0 Å². The Morgan fingerprint density at radius 3 is 2.19 bits per heavy atom. The molecule has 0 saturated heterocycles. The van der Waals surface area contributed by atoms with Gasteiger partial charge in [0.2, 0.25) is 0 Å². The van der Waals surface area contributed by atoms with Crippen LogP contribution in [0, 0.1) is 0 Å². The molecule has 1 aromatic heterocycles. The lowest BCUT2D eigenvalue weighted by atomic mass is 9.99. The number of rotatable bonds is 7. The van der Waals surface area contributed by atoms with Crippen molar-refractivity contribution in [1.82, 2.24) is 9.47 Å². The van der Waals surface area contributed by atoms with Gasteiger partial charge in [-0.2, -0.15) is 0 Å². The molecule has 1 aliphatic heterocycles. The second-order valence-corrected chi connectivity index (χ2v) is 8.82. The van der Waals surface area contributed by atoms with E-state index in [1.54, 1.807) is 0 Å². The monoisotopic (exact) mass is 422 g/mol. The molecule has 4 aromatic rings. The topological polar surface area (TPSA) is 25.2 Å². The van der Waals surface area contributed by atoms with Crippen molar-refractivity contribution < 1.29 is 4.79 Å². The first-order valence-corrected chi connectivity index (χ1v) is 11.8. The van der Waals surface area contributed by atoms with Crippen LogP contribution in [0.4, 0.5) is 0 Å². The van der Waals surface area contributed by atoms with Crippen LogP contribution in [0.5, 0.6) is 0 Å². The number of amides is 1. The number of nitrogens with zero attached hydrogens (tertiary/aromatic N) is 2. The smallest absolute Gasteiger partial charge is 0.271 e. The SMILES string of the molecule is CCCCc1ccc2c(c1)c1c(n2Cc2ccccc2)C(=O)N(Cc2ccccc2)CC1. The van der Waals surface area contributed by atoms with Gasteiger partial charge in [-0.15, -0.1) is 0 Å². The fourth-order valence-electron chi connectivity index (χ4n) is 4.89. The Bertz CT molecular complexity index is 1220. The number of unbranched alkanes of at least 4 members (excludes halogenated alkanes) is 1. The molecule has 0 radical (unpaired) electrons. The van der Waals surface area contributed by atoms with E-state index in [4.69, 9.17) is 0 Å². The van der Waals surface area contributed by atoms with Crippen molar-refractivity contribution in [1.29, 1.82) is 0 Å². The summed E-state index contributed by atoms with van der Waals surface area (Å²) in [7, 11) is 0. The van der Waals surface area contributed by atoms with E-state index in [-0.39, 0.29) is 5.91 Å². The summed E-state index contributed by atoms with van der Waals surface area (Å²) in [4.78, 5) is 15.8. The summed E-state index contributed by atoms with van der Waals surface area (Å²) in [6.07, 6.45) is 4.39. The molecule has 0 fully saturated rings. The van der Waals surface area contributed by atoms with E-state index < -0.39 is 0 Å². The highest BCUT2D eigenvalue weighted by molar-refractivity contribution is 6.03. The first kappa shape index (κ1) is 20.6. The van der Waals surface area contributed by atoms with Crippen molar-refractivity contribution in [2.45, 2.75) is 45.7 Å². The lowest BCUT2D eigenvalue weighted by Crippen LogP contribution is -2.38. The maximum atomic E-state index is 13.8. The first-order chi connectivity index (χ1) is 15.7. The van der Waals surface area contributed by atoms with Crippen LogP contribution in [0.25, 0.3) is 10.9 Å². The number of carbonyl (C=O) groups is 1. The van der Waals surface area contributed by atoms with E-state index in [2.05, 4.69) is 66.1 Å². The number of carbonyl (C=O) groups excluding carboxylic acids is 1. The minimum absolute atomic E-state index is 0.150. The highest BCUT2D eigenvalue weighted by Crippen LogP contribution is 2.33. The number of benzene rings is 3. The van der Waals surface area contributed by atoms with Gasteiger partial charge in [0.25, 0.3) is 5.91 Å². The molecule has 0 saturated carbocycles. The molecule has 1 aliphatic rings. The molecular weight excluding hydrogens is 392 g/mol. The van der Waals surface area contributed by atoms with Gasteiger partial charge >= 0.3 is 0 Å². The third kappa shape index (κ3) is 3.95. The third-order valence-corrected chi connectivity index (χ3v) is 6.57. The Hall–Kier alpha value is -3.33. The first-order valence-electron chi connectivity index (χ1n) is 11.8. The zero-order valence-corrected chi connectivity index (χ0v) is 18.8. The van der Waals surface area contributed by atoms with Crippen LogP contribution in [0.15, 0.2) is 78.9 Å². The van der Waals surface area contributed by atoms with E-state index >= 15 is 0 Å². The molecule has 0 N–H and O–H groups in total. The van der Waals surface area contributed by atoms with Gasteiger partial charge in [0.1, 0.15) is 5.69 Å². The van der Waals surface area contributed by atoms with E-state index in [1.807, 2.05) is 29.2 Å². The number of aromatic nitrogens is 1. The Morgan fingerprint density at radius 1 is 0.812 bits per heavy atom. The summed E-state index contributed by atoms with van der Waals surface area (Å²) in [5.41, 5.74) is 7.04. The fourth-order valence-corrected chi connectivity index (χ4v) is 4.89. The van der Waals surface area contributed by atoms with Gasteiger partial charge in [0.15, 0.2) is 0 Å². The minimum Gasteiger partial charge on any atom is -0.333 e. The molecule has 162 valence electrons. The van der Waals surface area contributed by atoms with Gasteiger partial charge in [-0.3, -0.25) is 4.79 Å². The highest BCUT2D eigenvalue weighted by Gasteiger charge is 2.31. The lowest BCUT2D eigenvalue weighted by Gasteiger charge is -2.28. The van der Waals surface area contributed by atoms with Crippen molar-refractivity contribution in [2.75, 3.05) is 6.54 Å². The third-order valence-electron chi connectivity index (χ3n) is 6.57. The Morgan fingerprint density at radius 2 is 1.50 bits per heavy atom. The highest BCUT2D eigenvalue weighted by atomic mass is 16.2. The van der Waals surface area contributed by atoms with Crippen molar-refractivity contribution in [3.05, 3.63) is 107 Å². The van der Waals surface area contributed by atoms with Gasteiger partial charge in [-0.1, -0.05) is 80.1 Å². The predicted molar refractivity (Wildman–Crippen MR) is 131 cm³/mol. The Labute approximate surface area is 190 Å². The number of hydrogen-bond acceptors (Lipinski definition) is 1.